The Morgan fingerprint density at radius 2 is 2.07 bits per heavy atom. The van der Waals surface area contributed by atoms with E-state index in [0.717, 1.165) is 0 Å². The summed E-state index contributed by atoms with van der Waals surface area (Å²) < 4.78 is 9.99. The fourth-order valence-electron chi connectivity index (χ4n) is 2.88. The highest BCUT2D eigenvalue weighted by atomic mass is 35.5. The summed E-state index contributed by atoms with van der Waals surface area (Å²) in [5.74, 6) is -1.12. The second kappa shape index (κ2) is 7.98. The number of amides is 2. The standard InChI is InChI=1S/C18H17ClN2O5S/c1-25-14-4-3-11(19)8-13(14)21-9-10(7-15(21)22)16(23)20-17-12(5-6-27-17)18(24)26-2/h3-6,8,10H,7,9H2,1-2H3,(H,20,23)/t10-/m1/s1. The van der Waals surface area contributed by atoms with Gasteiger partial charge in [0.15, 0.2) is 0 Å². The molecule has 3 rings (SSSR count). The van der Waals surface area contributed by atoms with Crippen molar-refractivity contribution in [1.82, 2.24) is 0 Å². The minimum absolute atomic E-state index is 0.0560. The Morgan fingerprint density at radius 1 is 1.30 bits per heavy atom. The SMILES string of the molecule is COC(=O)c1ccsc1NC(=O)[C@@H]1CC(=O)N(c2cc(Cl)ccc2OC)C1. The highest BCUT2D eigenvalue weighted by molar-refractivity contribution is 7.14. The minimum atomic E-state index is -0.561. The van der Waals surface area contributed by atoms with Crippen LogP contribution >= 0.6 is 22.9 Å². The predicted octanol–water partition coefficient (Wildman–Crippen LogP) is 3.19. The Bertz CT molecular complexity index is 898. The van der Waals surface area contributed by atoms with E-state index in [4.69, 9.17) is 21.1 Å². The molecule has 0 radical (unpaired) electrons. The summed E-state index contributed by atoms with van der Waals surface area (Å²) >= 11 is 7.26. The summed E-state index contributed by atoms with van der Waals surface area (Å²) in [6, 6.07) is 6.55. The molecule has 0 spiro atoms. The van der Waals surface area contributed by atoms with Crippen molar-refractivity contribution < 1.29 is 23.9 Å². The molecule has 1 aliphatic rings. The van der Waals surface area contributed by atoms with Gasteiger partial charge < -0.3 is 19.7 Å². The van der Waals surface area contributed by atoms with E-state index < -0.39 is 11.9 Å². The molecular formula is C18H17ClN2O5S. The number of carbonyl (C=O) groups excluding carboxylic acids is 3. The van der Waals surface area contributed by atoms with Gasteiger partial charge in [0, 0.05) is 18.0 Å². The Kier molecular flexibility index (Phi) is 5.67. The number of ether oxygens (including phenoxy) is 2. The number of hydrogen-bond acceptors (Lipinski definition) is 6. The van der Waals surface area contributed by atoms with E-state index in [0.29, 0.717) is 21.5 Å². The molecular weight excluding hydrogens is 392 g/mol. The largest absolute Gasteiger partial charge is 0.495 e. The predicted molar refractivity (Wildman–Crippen MR) is 103 cm³/mol. The van der Waals surface area contributed by atoms with Gasteiger partial charge in [-0.05, 0) is 29.6 Å². The number of methoxy groups -OCH3 is 2. The first-order valence-electron chi connectivity index (χ1n) is 8.05. The van der Waals surface area contributed by atoms with Crippen molar-refractivity contribution in [2.75, 3.05) is 31.0 Å². The van der Waals surface area contributed by atoms with Crippen molar-refractivity contribution in [2.24, 2.45) is 5.92 Å². The second-order valence-electron chi connectivity index (χ2n) is 5.87. The first kappa shape index (κ1) is 19.2. The van der Waals surface area contributed by atoms with Crippen LogP contribution in [0, 0.1) is 5.92 Å². The summed E-state index contributed by atoms with van der Waals surface area (Å²) in [6.45, 7) is 0.195. The number of nitrogens with zero attached hydrogens (tertiary/aromatic N) is 1. The second-order valence-corrected chi connectivity index (χ2v) is 7.22. The lowest BCUT2D eigenvalue weighted by atomic mass is 10.1. The lowest BCUT2D eigenvalue weighted by molar-refractivity contribution is -0.122. The molecule has 2 heterocycles. The Hall–Kier alpha value is -2.58. The average molecular weight is 409 g/mol. The molecule has 142 valence electrons. The molecule has 7 nitrogen and oxygen atoms in total. The zero-order valence-corrected chi connectivity index (χ0v) is 16.2. The van der Waals surface area contributed by atoms with Gasteiger partial charge in [-0.3, -0.25) is 9.59 Å². The van der Waals surface area contributed by atoms with Gasteiger partial charge in [-0.25, -0.2) is 4.79 Å². The number of nitrogens with one attached hydrogen (secondary N) is 1. The zero-order chi connectivity index (χ0) is 19.6. The van der Waals surface area contributed by atoms with Crippen LogP contribution in [0.2, 0.25) is 5.02 Å². The molecule has 2 aromatic rings. The van der Waals surface area contributed by atoms with E-state index in [1.54, 1.807) is 29.6 Å². The van der Waals surface area contributed by atoms with Gasteiger partial charge >= 0.3 is 5.97 Å². The highest BCUT2D eigenvalue weighted by Gasteiger charge is 2.37. The van der Waals surface area contributed by atoms with Gasteiger partial charge in [-0.2, -0.15) is 0 Å². The van der Waals surface area contributed by atoms with Crippen LogP contribution in [0.15, 0.2) is 29.6 Å². The topological polar surface area (TPSA) is 84.9 Å². The van der Waals surface area contributed by atoms with E-state index >= 15 is 0 Å². The number of rotatable bonds is 5. The van der Waals surface area contributed by atoms with E-state index in [9.17, 15) is 14.4 Å². The molecule has 0 bridgehead atoms. The van der Waals surface area contributed by atoms with Crippen LogP contribution in [-0.4, -0.2) is 38.5 Å². The van der Waals surface area contributed by atoms with Crippen LogP contribution in [0.1, 0.15) is 16.8 Å². The first-order chi connectivity index (χ1) is 12.9. The fraction of sp³-hybridized carbons (Fsp3) is 0.278. The molecule has 1 aliphatic heterocycles. The van der Waals surface area contributed by atoms with Crippen molar-refractivity contribution in [3.05, 3.63) is 40.2 Å². The number of benzene rings is 1. The molecule has 2 amide bonds. The normalized spacial score (nSPS) is 16.3. The Labute approximate surface area is 164 Å². The van der Waals surface area contributed by atoms with Crippen LogP contribution in [-0.2, 0) is 14.3 Å². The van der Waals surface area contributed by atoms with Crippen LogP contribution in [0.3, 0.4) is 0 Å². The smallest absolute Gasteiger partial charge is 0.340 e. The summed E-state index contributed by atoms with van der Waals surface area (Å²) in [4.78, 5) is 38.3. The van der Waals surface area contributed by atoms with Crippen molar-refractivity contribution >= 4 is 51.4 Å². The third-order valence-electron chi connectivity index (χ3n) is 4.23. The third kappa shape index (κ3) is 3.91. The molecule has 9 heteroatoms. The van der Waals surface area contributed by atoms with E-state index in [1.165, 1.54) is 30.5 Å². The van der Waals surface area contributed by atoms with Gasteiger partial charge in [-0.1, -0.05) is 11.6 Å². The Morgan fingerprint density at radius 3 is 2.78 bits per heavy atom. The van der Waals surface area contributed by atoms with Gasteiger partial charge in [0.1, 0.15) is 10.8 Å². The summed E-state index contributed by atoms with van der Waals surface area (Å²) in [5.41, 5.74) is 0.810. The molecule has 1 aromatic heterocycles. The summed E-state index contributed by atoms with van der Waals surface area (Å²) in [6.07, 6.45) is 0.0560. The molecule has 1 saturated heterocycles. The molecule has 1 fully saturated rings. The van der Waals surface area contributed by atoms with Crippen LogP contribution in [0.25, 0.3) is 0 Å². The monoisotopic (exact) mass is 408 g/mol. The summed E-state index contributed by atoms with van der Waals surface area (Å²) in [7, 11) is 2.78. The lowest BCUT2D eigenvalue weighted by Gasteiger charge is -2.19. The Balaban J connectivity index is 1.76. The average Bonchev–Trinajstić information content (AvgIpc) is 3.27. The number of halogens is 1. The van der Waals surface area contributed by atoms with E-state index in [2.05, 4.69) is 5.32 Å². The molecule has 0 saturated carbocycles. The van der Waals surface area contributed by atoms with Crippen molar-refractivity contribution in [2.45, 2.75) is 6.42 Å². The molecule has 0 unspecified atom stereocenters. The molecule has 0 aliphatic carbocycles. The van der Waals surface area contributed by atoms with Crippen molar-refractivity contribution in [3.63, 3.8) is 0 Å². The minimum Gasteiger partial charge on any atom is -0.495 e. The fourth-order valence-corrected chi connectivity index (χ4v) is 3.83. The lowest BCUT2D eigenvalue weighted by Crippen LogP contribution is -2.28. The third-order valence-corrected chi connectivity index (χ3v) is 5.30. The number of hydrogen-bond donors (Lipinski definition) is 1. The number of anilines is 2. The van der Waals surface area contributed by atoms with Crippen LogP contribution in [0.5, 0.6) is 5.75 Å². The van der Waals surface area contributed by atoms with Gasteiger partial charge in [0.25, 0.3) is 0 Å². The molecule has 1 aromatic carbocycles. The van der Waals surface area contributed by atoms with Crippen LogP contribution in [0.4, 0.5) is 10.7 Å². The molecule has 1 N–H and O–H groups in total. The van der Waals surface area contributed by atoms with Crippen molar-refractivity contribution in [3.8, 4) is 5.75 Å². The molecule has 1 atom stereocenters. The maximum atomic E-state index is 12.6. The number of carbonyl (C=O) groups is 3. The summed E-state index contributed by atoms with van der Waals surface area (Å²) in [5, 5.41) is 5.27. The van der Waals surface area contributed by atoms with Gasteiger partial charge in [0.2, 0.25) is 11.8 Å². The molecule has 27 heavy (non-hydrogen) atoms. The maximum absolute atomic E-state index is 12.6. The van der Waals surface area contributed by atoms with Crippen LogP contribution < -0.4 is 15.0 Å². The van der Waals surface area contributed by atoms with Crippen molar-refractivity contribution in [1.29, 1.82) is 0 Å². The quantitative estimate of drug-likeness (QED) is 0.768. The number of esters is 1. The van der Waals surface area contributed by atoms with E-state index in [-0.39, 0.29) is 30.3 Å². The first-order valence-corrected chi connectivity index (χ1v) is 9.31. The van der Waals surface area contributed by atoms with Gasteiger partial charge in [0.05, 0.1) is 31.4 Å². The number of thiophene rings is 1. The highest BCUT2D eigenvalue weighted by Crippen LogP contribution is 2.35. The van der Waals surface area contributed by atoms with E-state index in [1.807, 2.05) is 0 Å². The van der Waals surface area contributed by atoms with Gasteiger partial charge in [-0.15, -0.1) is 11.3 Å². The zero-order valence-electron chi connectivity index (χ0n) is 14.7. The maximum Gasteiger partial charge on any atom is 0.340 e.